The summed E-state index contributed by atoms with van der Waals surface area (Å²) in [7, 11) is -3.30. The fourth-order valence-electron chi connectivity index (χ4n) is 4.33. The zero-order valence-electron chi connectivity index (χ0n) is 20.6. The van der Waals surface area contributed by atoms with Crippen molar-refractivity contribution < 1.29 is 26.7 Å². The van der Waals surface area contributed by atoms with Gasteiger partial charge in [-0.25, -0.2) is 22.5 Å². The summed E-state index contributed by atoms with van der Waals surface area (Å²) in [6.45, 7) is 6.44. The molecular formula is C25H26F2N4O5S. The molecule has 1 fully saturated rings. The highest BCUT2D eigenvalue weighted by molar-refractivity contribution is 7.90. The first kappa shape index (κ1) is 26.3. The monoisotopic (exact) mass is 532 g/mol. The molecule has 1 unspecified atom stereocenters. The summed E-state index contributed by atoms with van der Waals surface area (Å²) in [5.41, 5.74) is -1.58. The Morgan fingerprint density at radius 1 is 1.19 bits per heavy atom. The van der Waals surface area contributed by atoms with Gasteiger partial charge in [0.1, 0.15) is 5.82 Å². The van der Waals surface area contributed by atoms with Crippen molar-refractivity contribution in [3.05, 3.63) is 70.1 Å². The van der Waals surface area contributed by atoms with Crippen LogP contribution in [0.15, 0.2) is 52.3 Å². The fourth-order valence-corrected chi connectivity index (χ4v) is 5.35. The summed E-state index contributed by atoms with van der Waals surface area (Å²) < 4.78 is 61.6. The number of nitrogens with zero attached hydrogens (tertiary/aromatic N) is 2. The minimum atomic E-state index is -4.51. The number of hydrogen-bond donors (Lipinski definition) is 2. The molecule has 12 heteroatoms. The van der Waals surface area contributed by atoms with Crippen molar-refractivity contribution in [1.29, 1.82) is 0 Å². The number of methoxy groups -OCH3 is 1. The molecule has 1 amide bonds. The van der Waals surface area contributed by atoms with Gasteiger partial charge in [-0.05, 0) is 62.6 Å². The highest BCUT2D eigenvalue weighted by atomic mass is 32.2. The first-order valence-corrected chi connectivity index (χ1v) is 12.9. The van der Waals surface area contributed by atoms with Gasteiger partial charge in [0.15, 0.2) is 16.5 Å². The molecule has 3 heterocycles. The Hall–Kier alpha value is -3.80. The van der Waals surface area contributed by atoms with Crippen LogP contribution in [-0.2, 0) is 10.0 Å². The van der Waals surface area contributed by atoms with Crippen LogP contribution in [0, 0.1) is 17.6 Å². The lowest BCUT2D eigenvalue weighted by molar-refractivity contribution is 0.0981. The molecule has 1 aliphatic heterocycles. The van der Waals surface area contributed by atoms with Crippen molar-refractivity contribution in [2.75, 3.05) is 18.6 Å². The number of aromatic nitrogens is 2. The predicted octanol–water partition coefficient (Wildman–Crippen LogP) is 3.47. The van der Waals surface area contributed by atoms with Crippen LogP contribution in [0.1, 0.15) is 37.6 Å². The number of anilines is 1. The molecule has 1 saturated heterocycles. The number of carbonyl (C=O) groups is 1. The largest absolute Gasteiger partial charge is 0.494 e. The number of aromatic amines is 1. The van der Waals surface area contributed by atoms with E-state index in [2.05, 4.69) is 9.97 Å². The molecule has 3 aromatic rings. The number of benzene rings is 1. The molecular weight excluding hydrogens is 506 g/mol. The Bertz CT molecular complexity index is 1540. The second-order valence-corrected chi connectivity index (χ2v) is 11.0. The molecule has 0 saturated carbocycles. The molecule has 0 bridgehead atoms. The van der Waals surface area contributed by atoms with Crippen LogP contribution in [-0.4, -0.2) is 43.5 Å². The number of carbonyl (C=O) groups excluding carboxylic acids is 1. The van der Waals surface area contributed by atoms with E-state index < -0.39 is 43.6 Å². The van der Waals surface area contributed by atoms with Crippen molar-refractivity contribution in [2.45, 2.75) is 37.6 Å². The Kier molecular flexibility index (Phi) is 6.80. The summed E-state index contributed by atoms with van der Waals surface area (Å²) >= 11 is 0. The minimum Gasteiger partial charge on any atom is -0.494 e. The van der Waals surface area contributed by atoms with Crippen molar-refractivity contribution >= 4 is 21.7 Å². The zero-order valence-corrected chi connectivity index (χ0v) is 21.4. The second kappa shape index (κ2) is 9.58. The van der Waals surface area contributed by atoms with Crippen LogP contribution in [0.5, 0.6) is 5.75 Å². The van der Waals surface area contributed by atoms with Crippen LogP contribution in [0.3, 0.4) is 0 Å². The maximum Gasteiger partial charge on any atom is 0.269 e. The quantitative estimate of drug-likeness (QED) is 0.499. The Balaban J connectivity index is 1.83. The zero-order chi connectivity index (χ0) is 27.1. The number of H-pyrrole nitrogens is 1. The van der Waals surface area contributed by atoms with Crippen molar-refractivity contribution in [3.63, 3.8) is 0 Å². The Morgan fingerprint density at radius 3 is 2.54 bits per heavy atom. The molecule has 196 valence electrons. The van der Waals surface area contributed by atoms with E-state index in [-0.39, 0.29) is 34.3 Å². The number of ether oxygens (including phenoxy) is 1. The third-order valence-electron chi connectivity index (χ3n) is 6.90. The van der Waals surface area contributed by atoms with Crippen LogP contribution < -0.4 is 19.9 Å². The van der Waals surface area contributed by atoms with Crippen molar-refractivity contribution in [1.82, 2.24) is 14.7 Å². The number of hydrogen-bond acceptors (Lipinski definition) is 7. The second-order valence-electron chi connectivity index (χ2n) is 9.30. The van der Waals surface area contributed by atoms with Gasteiger partial charge in [0.05, 0.1) is 18.4 Å². The SMILES string of the molecule is COc1ccc(-c2ccc(C(=O)NS(=O)(=O)c3ccc[nH]c3=O)c(N3CCC(C)C3(C)C)n2)c(F)c1F. The molecule has 1 atom stereocenters. The average molecular weight is 533 g/mol. The molecule has 4 rings (SSSR count). The van der Waals surface area contributed by atoms with E-state index in [0.29, 0.717) is 6.54 Å². The minimum absolute atomic E-state index is 0.0447. The number of rotatable bonds is 6. The van der Waals surface area contributed by atoms with Gasteiger partial charge in [0.25, 0.3) is 21.5 Å². The number of halogens is 2. The molecule has 1 aliphatic rings. The molecule has 9 nitrogen and oxygen atoms in total. The van der Waals surface area contributed by atoms with Crippen LogP contribution in [0.25, 0.3) is 11.3 Å². The van der Waals surface area contributed by atoms with E-state index in [1.807, 2.05) is 30.4 Å². The van der Waals surface area contributed by atoms with Gasteiger partial charge in [-0.1, -0.05) is 6.92 Å². The lowest BCUT2D eigenvalue weighted by Gasteiger charge is -2.36. The van der Waals surface area contributed by atoms with Gasteiger partial charge in [0.2, 0.25) is 5.82 Å². The Labute approximate surface area is 212 Å². The van der Waals surface area contributed by atoms with Gasteiger partial charge in [-0.15, -0.1) is 0 Å². The summed E-state index contributed by atoms with van der Waals surface area (Å²) in [4.78, 5) is 33.2. The topological polar surface area (TPSA) is 121 Å². The molecule has 2 N–H and O–H groups in total. The summed E-state index contributed by atoms with van der Waals surface area (Å²) in [6.07, 6.45) is 2.03. The molecule has 37 heavy (non-hydrogen) atoms. The first-order valence-electron chi connectivity index (χ1n) is 11.4. The van der Waals surface area contributed by atoms with Gasteiger partial charge < -0.3 is 14.6 Å². The molecule has 0 spiro atoms. The van der Waals surface area contributed by atoms with Crippen LogP contribution in [0.2, 0.25) is 0 Å². The van der Waals surface area contributed by atoms with Gasteiger partial charge in [-0.2, -0.15) is 4.39 Å². The van der Waals surface area contributed by atoms with E-state index in [4.69, 9.17) is 4.74 Å². The first-order chi connectivity index (χ1) is 17.4. The molecule has 0 radical (unpaired) electrons. The predicted molar refractivity (Wildman–Crippen MR) is 133 cm³/mol. The summed E-state index contributed by atoms with van der Waals surface area (Å²) in [5.74, 6) is -3.34. The van der Waals surface area contributed by atoms with Crippen LogP contribution in [0.4, 0.5) is 14.6 Å². The van der Waals surface area contributed by atoms with E-state index in [9.17, 15) is 26.8 Å². The highest BCUT2D eigenvalue weighted by Crippen LogP contribution is 2.40. The number of sulfonamides is 1. The Morgan fingerprint density at radius 2 is 1.92 bits per heavy atom. The summed E-state index contributed by atoms with van der Waals surface area (Å²) in [5, 5.41) is 0. The average Bonchev–Trinajstić information content (AvgIpc) is 3.12. The highest BCUT2D eigenvalue weighted by Gasteiger charge is 2.41. The molecule has 1 aromatic carbocycles. The third kappa shape index (κ3) is 4.68. The lowest BCUT2D eigenvalue weighted by Crippen LogP contribution is -2.44. The van der Waals surface area contributed by atoms with E-state index in [1.165, 1.54) is 43.6 Å². The van der Waals surface area contributed by atoms with E-state index in [1.54, 1.807) is 0 Å². The van der Waals surface area contributed by atoms with E-state index in [0.717, 1.165) is 12.5 Å². The van der Waals surface area contributed by atoms with Gasteiger partial charge >= 0.3 is 0 Å². The smallest absolute Gasteiger partial charge is 0.269 e. The number of nitrogens with one attached hydrogen (secondary N) is 2. The maximum atomic E-state index is 14.9. The summed E-state index contributed by atoms with van der Waals surface area (Å²) in [6, 6.07) is 7.58. The van der Waals surface area contributed by atoms with Crippen molar-refractivity contribution in [2.24, 2.45) is 5.92 Å². The number of pyridine rings is 2. The number of amides is 1. The van der Waals surface area contributed by atoms with Crippen LogP contribution >= 0.6 is 0 Å². The van der Waals surface area contributed by atoms with Gasteiger partial charge in [0, 0.05) is 23.8 Å². The molecule has 0 aliphatic carbocycles. The third-order valence-corrected chi connectivity index (χ3v) is 8.26. The maximum absolute atomic E-state index is 14.9. The molecule has 2 aromatic heterocycles. The lowest BCUT2D eigenvalue weighted by atomic mass is 9.90. The van der Waals surface area contributed by atoms with Crippen molar-refractivity contribution in [3.8, 4) is 17.0 Å². The fraction of sp³-hybridized carbons (Fsp3) is 0.320. The normalized spacial score (nSPS) is 17.0. The van der Waals surface area contributed by atoms with E-state index >= 15 is 0 Å². The standard InChI is InChI=1S/C25H26F2N4O5S/c1-14-11-13-31(25(14,2)3)22-16(23(32)30-37(34,35)19-6-5-12-28-24(19)33)7-9-17(29-22)15-8-10-18(36-4)21(27)20(15)26/h5-10,12,14H,11,13H2,1-4H3,(H,28,33)(H,30,32). The van der Waals surface area contributed by atoms with Gasteiger partial charge in [-0.3, -0.25) is 9.59 Å².